The Balaban J connectivity index is 0.00000112. The van der Waals surface area contributed by atoms with Crippen LogP contribution in [0.25, 0.3) is 0 Å². The van der Waals surface area contributed by atoms with Gasteiger partial charge in [-0.15, -0.1) is 0 Å². The first-order chi connectivity index (χ1) is 6.95. The molecule has 0 aliphatic carbocycles. The molecular weight excluding hydrogens is 201 g/mol. The van der Waals surface area contributed by atoms with Crippen molar-refractivity contribution in [2.75, 3.05) is 19.5 Å². The van der Waals surface area contributed by atoms with E-state index >= 15 is 0 Å². The highest BCUT2D eigenvalue weighted by Gasteiger charge is 2.09. The van der Waals surface area contributed by atoms with Gasteiger partial charge in [0.15, 0.2) is 7.28 Å². The summed E-state index contributed by atoms with van der Waals surface area (Å²) in [7, 11) is 2.32. The SMILES string of the molecule is O.O.[B](CN1CCCCC1)c1ccccc1. The Morgan fingerprint density at radius 1 is 0.938 bits per heavy atom. The van der Waals surface area contributed by atoms with Gasteiger partial charge >= 0.3 is 0 Å². The highest BCUT2D eigenvalue weighted by molar-refractivity contribution is 6.53. The van der Waals surface area contributed by atoms with Crippen molar-refractivity contribution < 1.29 is 11.0 Å². The molecule has 0 atom stereocenters. The number of rotatable bonds is 3. The van der Waals surface area contributed by atoms with Gasteiger partial charge in [0.2, 0.25) is 0 Å². The second-order valence-electron chi connectivity index (χ2n) is 3.98. The summed E-state index contributed by atoms with van der Waals surface area (Å²) in [5, 5.41) is 0. The van der Waals surface area contributed by atoms with Gasteiger partial charge in [-0.1, -0.05) is 42.2 Å². The number of hydrogen-bond donors (Lipinski definition) is 0. The molecule has 3 nitrogen and oxygen atoms in total. The van der Waals surface area contributed by atoms with Crippen molar-refractivity contribution in [2.24, 2.45) is 0 Å². The lowest BCUT2D eigenvalue weighted by atomic mass is 9.70. The van der Waals surface area contributed by atoms with Crippen LogP contribution < -0.4 is 5.46 Å². The second-order valence-corrected chi connectivity index (χ2v) is 3.98. The van der Waals surface area contributed by atoms with E-state index in [2.05, 4.69) is 42.5 Å². The van der Waals surface area contributed by atoms with Gasteiger partial charge in [0.1, 0.15) is 0 Å². The maximum atomic E-state index is 2.54. The van der Waals surface area contributed by atoms with Crippen LogP contribution in [0.1, 0.15) is 19.3 Å². The summed E-state index contributed by atoms with van der Waals surface area (Å²) in [4.78, 5) is 2.54. The molecule has 1 heterocycles. The molecule has 16 heavy (non-hydrogen) atoms. The van der Waals surface area contributed by atoms with Crippen molar-refractivity contribution in [1.29, 1.82) is 0 Å². The fraction of sp³-hybridized carbons (Fsp3) is 0.500. The molecule has 0 unspecified atom stereocenters. The van der Waals surface area contributed by atoms with Gasteiger partial charge in [0.25, 0.3) is 0 Å². The first kappa shape index (κ1) is 15.2. The van der Waals surface area contributed by atoms with E-state index in [1.807, 2.05) is 0 Å². The third-order valence-electron chi connectivity index (χ3n) is 2.83. The topological polar surface area (TPSA) is 66.2 Å². The minimum absolute atomic E-state index is 0. The van der Waals surface area contributed by atoms with Crippen molar-refractivity contribution in [1.82, 2.24) is 4.90 Å². The fourth-order valence-electron chi connectivity index (χ4n) is 1.97. The Morgan fingerprint density at radius 2 is 1.56 bits per heavy atom. The number of likely N-dealkylation sites (tertiary alicyclic amines) is 1. The second kappa shape index (κ2) is 8.33. The van der Waals surface area contributed by atoms with Gasteiger partial charge in [-0.25, -0.2) is 0 Å². The molecule has 1 fully saturated rings. The number of nitrogens with zero attached hydrogens (tertiary/aromatic N) is 1. The Labute approximate surface area is 98.3 Å². The molecular formula is C12H21BNO2. The molecule has 0 saturated carbocycles. The van der Waals surface area contributed by atoms with E-state index in [4.69, 9.17) is 0 Å². The van der Waals surface area contributed by atoms with Crippen molar-refractivity contribution in [3.63, 3.8) is 0 Å². The third-order valence-corrected chi connectivity index (χ3v) is 2.83. The van der Waals surface area contributed by atoms with Crippen LogP contribution in [0.5, 0.6) is 0 Å². The van der Waals surface area contributed by atoms with E-state index in [0.29, 0.717) is 0 Å². The lowest BCUT2D eigenvalue weighted by Gasteiger charge is -2.26. The predicted octanol–water partition coefficient (Wildman–Crippen LogP) is -0.190. The molecule has 89 valence electrons. The maximum Gasteiger partial charge on any atom is 0.169 e. The molecule has 1 saturated heterocycles. The summed E-state index contributed by atoms with van der Waals surface area (Å²) < 4.78 is 0. The summed E-state index contributed by atoms with van der Waals surface area (Å²) in [6.45, 7) is 2.56. The van der Waals surface area contributed by atoms with Gasteiger partial charge in [0.05, 0.1) is 0 Å². The van der Waals surface area contributed by atoms with Gasteiger partial charge in [-0.2, -0.15) is 0 Å². The van der Waals surface area contributed by atoms with Crippen LogP contribution in [0, 0.1) is 0 Å². The largest absolute Gasteiger partial charge is 0.412 e. The molecule has 4 N–H and O–H groups in total. The number of benzene rings is 1. The van der Waals surface area contributed by atoms with Gasteiger partial charge < -0.3 is 15.9 Å². The highest BCUT2D eigenvalue weighted by atomic mass is 16.0. The molecule has 1 aromatic rings. The summed E-state index contributed by atoms with van der Waals surface area (Å²) in [6, 6.07) is 10.6. The highest BCUT2D eigenvalue weighted by Crippen LogP contribution is 2.07. The van der Waals surface area contributed by atoms with Gasteiger partial charge in [-0.3, -0.25) is 0 Å². The van der Waals surface area contributed by atoms with Crippen LogP contribution in [-0.4, -0.2) is 42.7 Å². The van der Waals surface area contributed by atoms with Gasteiger partial charge in [-0.05, 0) is 32.4 Å². The minimum Gasteiger partial charge on any atom is -0.412 e. The number of piperidine rings is 1. The molecule has 0 amide bonds. The zero-order chi connectivity index (χ0) is 9.64. The van der Waals surface area contributed by atoms with Crippen molar-refractivity contribution in [3.8, 4) is 0 Å². The van der Waals surface area contributed by atoms with E-state index in [1.54, 1.807) is 0 Å². The fourth-order valence-corrected chi connectivity index (χ4v) is 1.97. The first-order valence-corrected chi connectivity index (χ1v) is 5.56. The molecule has 1 aromatic carbocycles. The average Bonchev–Trinajstić information content (AvgIpc) is 2.29. The van der Waals surface area contributed by atoms with E-state index in [9.17, 15) is 0 Å². The quantitative estimate of drug-likeness (QED) is 0.653. The third kappa shape index (κ3) is 4.79. The first-order valence-electron chi connectivity index (χ1n) is 5.56. The lowest BCUT2D eigenvalue weighted by Crippen LogP contribution is -2.36. The molecule has 2 rings (SSSR count). The van der Waals surface area contributed by atoms with Crippen molar-refractivity contribution in [3.05, 3.63) is 30.3 Å². The average molecular weight is 222 g/mol. The van der Waals surface area contributed by atoms with Gasteiger partial charge in [0, 0.05) is 0 Å². The van der Waals surface area contributed by atoms with Crippen LogP contribution in [0.2, 0.25) is 0 Å². The van der Waals surface area contributed by atoms with E-state index < -0.39 is 0 Å². The Kier molecular flexibility index (Phi) is 7.90. The molecule has 1 aliphatic rings. The Bertz CT molecular complexity index is 263. The van der Waals surface area contributed by atoms with E-state index in [1.165, 1.54) is 37.8 Å². The molecule has 1 radical (unpaired) electrons. The molecule has 4 heteroatoms. The van der Waals surface area contributed by atoms with Crippen molar-refractivity contribution in [2.45, 2.75) is 19.3 Å². The minimum atomic E-state index is 0. The van der Waals surface area contributed by atoms with Crippen LogP contribution >= 0.6 is 0 Å². The van der Waals surface area contributed by atoms with Crippen LogP contribution in [-0.2, 0) is 0 Å². The molecule has 0 bridgehead atoms. The summed E-state index contributed by atoms with van der Waals surface area (Å²) in [5.41, 5.74) is 1.35. The predicted molar refractivity (Wildman–Crippen MR) is 69.3 cm³/mol. The zero-order valence-corrected chi connectivity index (χ0v) is 9.65. The molecule has 0 spiro atoms. The van der Waals surface area contributed by atoms with Crippen LogP contribution in [0.4, 0.5) is 0 Å². The van der Waals surface area contributed by atoms with Crippen LogP contribution in [0.3, 0.4) is 0 Å². The normalized spacial score (nSPS) is 15.8. The zero-order valence-electron chi connectivity index (χ0n) is 9.65. The molecule has 0 aromatic heterocycles. The maximum absolute atomic E-state index is 2.54. The van der Waals surface area contributed by atoms with E-state index in [-0.39, 0.29) is 11.0 Å². The molecule has 1 aliphatic heterocycles. The Morgan fingerprint density at radius 3 is 2.19 bits per heavy atom. The standard InChI is InChI=1S/C12H17BN.2H2O/c1-3-7-12(8-4-1)13-11-14-9-5-2-6-10-14;;/h1,3-4,7-8H,2,5-6,9-11H2;2*1H2. The monoisotopic (exact) mass is 222 g/mol. The summed E-state index contributed by atoms with van der Waals surface area (Å²) in [6.07, 6.45) is 5.29. The Hall–Kier alpha value is -0.835. The van der Waals surface area contributed by atoms with Crippen molar-refractivity contribution >= 4 is 12.7 Å². The summed E-state index contributed by atoms with van der Waals surface area (Å²) in [5.74, 6) is 0. The lowest BCUT2D eigenvalue weighted by molar-refractivity contribution is 0.263. The van der Waals surface area contributed by atoms with Crippen LogP contribution in [0.15, 0.2) is 30.3 Å². The number of hydrogen-bond acceptors (Lipinski definition) is 1. The summed E-state index contributed by atoms with van der Waals surface area (Å²) >= 11 is 0. The smallest absolute Gasteiger partial charge is 0.169 e. The van der Waals surface area contributed by atoms with E-state index in [0.717, 1.165) is 6.44 Å².